The van der Waals surface area contributed by atoms with Crippen LogP contribution in [0.2, 0.25) is 0 Å². The molecule has 1 N–H and O–H groups in total. The van der Waals surface area contributed by atoms with E-state index in [4.69, 9.17) is 4.74 Å². The zero-order chi connectivity index (χ0) is 14.3. The van der Waals surface area contributed by atoms with Gasteiger partial charge in [-0.1, -0.05) is 6.92 Å². The van der Waals surface area contributed by atoms with Crippen LogP contribution < -0.4 is 5.32 Å². The number of hydrogen-bond acceptors (Lipinski definition) is 5. The third kappa shape index (κ3) is 3.05. The third-order valence-electron chi connectivity index (χ3n) is 4.91. The minimum absolute atomic E-state index is 0.188. The van der Waals surface area contributed by atoms with E-state index in [0.717, 1.165) is 11.9 Å². The maximum Gasteiger partial charge on any atom is 0.0795 e. The van der Waals surface area contributed by atoms with E-state index in [0.29, 0.717) is 12.1 Å². The quantitative estimate of drug-likeness (QED) is 0.864. The lowest BCUT2D eigenvalue weighted by Gasteiger charge is -2.40. The highest BCUT2D eigenvalue weighted by Crippen LogP contribution is 2.45. The molecule has 0 bridgehead atoms. The lowest BCUT2D eigenvalue weighted by Crippen LogP contribution is -2.48. The topological polar surface area (TPSA) is 21.3 Å². The first-order valence-corrected chi connectivity index (χ1v) is 10.9. The van der Waals surface area contributed by atoms with Crippen LogP contribution in [0, 0.1) is 0 Å². The van der Waals surface area contributed by atoms with Crippen molar-refractivity contribution < 1.29 is 4.74 Å². The van der Waals surface area contributed by atoms with Crippen LogP contribution in [0.4, 0.5) is 0 Å². The third-order valence-corrected chi connectivity index (χ3v) is 8.47. The molecule has 0 amide bonds. The lowest BCUT2D eigenvalue weighted by atomic mass is 9.89. The summed E-state index contributed by atoms with van der Waals surface area (Å²) in [6.07, 6.45) is 4.88. The van der Waals surface area contributed by atoms with Gasteiger partial charge in [0.15, 0.2) is 0 Å². The highest BCUT2D eigenvalue weighted by atomic mass is 32.2. The molecule has 0 aromatic carbocycles. The van der Waals surface area contributed by atoms with Crippen LogP contribution in [0.25, 0.3) is 0 Å². The fraction of sp³-hybridized carbons (Fsp3) is 0.750. The molecule has 0 radical (unpaired) electrons. The summed E-state index contributed by atoms with van der Waals surface area (Å²) in [5.74, 6) is 2.48. The van der Waals surface area contributed by atoms with Gasteiger partial charge in [0.05, 0.1) is 9.81 Å². The SMILES string of the molecule is C[C@H]1C[C@H](N[C@@H]2CCO[C@@]3(CCSC3)C2)c2ccsc2S1. The number of hydrogen-bond donors (Lipinski definition) is 1. The van der Waals surface area contributed by atoms with Crippen molar-refractivity contribution in [2.24, 2.45) is 0 Å². The van der Waals surface area contributed by atoms with Crippen molar-refractivity contribution in [3.8, 4) is 0 Å². The van der Waals surface area contributed by atoms with Gasteiger partial charge in [0.25, 0.3) is 0 Å². The zero-order valence-corrected chi connectivity index (χ0v) is 14.9. The molecule has 4 atom stereocenters. The number of rotatable bonds is 2. The zero-order valence-electron chi connectivity index (χ0n) is 12.5. The summed E-state index contributed by atoms with van der Waals surface area (Å²) < 4.78 is 7.69. The van der Waals surface area contributed by atoms with E-state index >= 15 is 0 Å². The van der Waals surface area contributed by atoms with Gasteiger partial charge >= 0.3 is 0 Å². The second-order valence-electron chi connectivity index (χ2n) is 6.57. The van der Waals surface area contributed by atoms with Crippen LogP contribution in [-0.2, 0) is 4.74 Å². The molecule has 4 heterocycles. The molecule has 2 saturated heterocycles. The standard InChI is InChI=1S/C16H23NOS3/c1-11-8-14(13-3-6-20-15(13)21-11)17-12-2-5-18-16(9-12)4-7-19-10-16/h3,6,11-12,14,17H,2,4-5,7-10H2,1H3/t11-,12+,14-,16-/m0/s1. The Morgan fingerprint density at radius 2 is 2.38 bits per heavy atom. The Labute approximate surface area is 139 Å². The van der Waals surface area contributed by atoms with Crippen molar-refractivity contribution in [3.05, 3.63) is 17.0 Å². The average Bonchev–Trinajstić information content (AvgIpc) is 3.08. The van der Waals surface area contributed by atoms with Crippen LogP contribution in [0.1, 0.15) is 44.2 Å². The van der Waals surface area contributed by atoms with Gasteiger partial charge in [-0.15, -0.1) is 23.1 Å². The van der Waals surface area contributed by atoms with Gasteiger partial charge in [-0.25, -0.2) is 0 Å². The number of thioether (sulfide) groups is 2. The maximum atomic E-state index is 6.16. The van der Waals surface area contributed by atoms with Crippen molar-refractivity contribution in [1.82, 2.24) is 5.32 Å². The number of fused-ring (bicyclic) bond motifs is 1. The minimum atomic E-state index is 0.188. The number of ether oxygens (including phenoxy) is 1. The molecule has 2 fully saturated rings. The van der Waals surface area contributed by atoms with Crippen molar-refractivity contribution >= 4 is 34.9 Å². The largest absolute Gasteiger partial charge is 0.374 e. The van der Waals surface area contributed by atoms with Crippen LogP contribution >= 0.6 is 34.9 Å². The fourth-order valence-electron chi connectivity index (χ4n) is 3.82. The average molecular weight is 342 g/mol. The Hall–Kier alpha value is 0.320. The molecule has 2 nitrogen and oxygen atoms in total. The summed E-state index contributed by atoms with van der Waals surface area (Å²) in [5.41, 5.74) is 1.73. The van der Waals surface area contributed by atoms with Crippen molar-refractivity contribution in [2.75, 3.05) is 18.1 Å². The first-order chi connectivity index (χ1) is 10.2. The van der Waals surface area contributed by atoms with Crippen LogP contribution in [0.5, 0.6) is 0 Å². The molecular weight excluding hydrogens is 318 g/mol. The maximum absolute atomic E-state index is 6.16. The summed E-state index contributed by atoms with van der Waals surface area (Å²) >= 11 is 6.03. The molecule has 3 aliphatic heterocycles. The van der Waals surface area contributed by atoms with Crippen LogP contribution in [-0.4, -0.2) is 35.0 Å². The number of nitrogens with one attached hydrogen (secondary N) is 1. The molecule has 0 aliphatic carbocycles. The highest BCUT2D eigenvalue weighted by Gasteiger charge is 2.41. The molecule has 21 heavy (non-hydrogen) atoms. The van der Waals surface area contributed by atoms with Crippen LogP contribution in [0.15, 0.2) is 15.7 Å². The summed E-state index contributed by atoms with van der Waals surface area (Å²) in [5, 5.41) is 6.97. The Morgan fingerprint density at radius 1 is 1.43 bits per heavy atom. The van der Waals surface area contributed by atoms with E-state index in [2.05, 4.69) is 47.2 Å². The summed E-state index contributed by atoms with van der Waals surface area (Å²) in [6, 6.07) is 3.51. The van der Waals surface area contributed by atoms with Crippen LogP contribution in [0.3, 0.4) is 0 Å². The molecule has 4 rings (SSSR count). The van der Waals surface area contributed by atoms with Gasteiger partial charge in [0.1, 0.15) is 0 Å². The van der Waals surface area contributed by atoms with E-state index in [1.54, 1.807) is 5.56 Å². The summed E-state index contributed by atoms with van der Waals surface area (Å²) in [6.45, 7) is 3.30. The molecular formula is C16H23NOS3. The minimum Gasteiger partial charge on any atom is -0.374 e. The van der Waals surface area contributed by atoms with Crippen molar-refractivity contribution in [2.45, 2.75) is 59.8 Å². The second-order valence-corrected chi connectivity index (χ2v) is 10.3. The van der Waals surface area contributed by atoms with Gasteiger partial charge in [0.2, 0.25) is 0 Å². The monoisotopic (exact) mass is 341 g/mol. The molecule has 0 unspecified atom stereocenters. The number of thiophene rings is 1. The van der Waals surface area contributed by atoms with Gasteiger partial charge in [-0.3, -0.25) is 0 Å². The normalized spacial score (nSPS) is 39.6. The van der Waals surface area contributed by atoms with Gasteiger partial charge in [-0.05, 0) is 48.4 Å². The Kier molecular flexibility index (Phi) is 4.31. The van der Waals surface area contributed by atoms with Crippen molar-refractivity contribution in [1.29, 1.82) is 0 Å². The Bertz CT molecular complexity index is 497. The van der Waals surface area contributed by atoms with E-state index in [9.17, 15) is 0 Å². The molecule has 1 spiro atoms. The first-order valence-electron chi connectivity index (χ1n) is 7.96. The van der Waals surface area contributed by atoms with E-state index < -0.39 is 0 Å². The van der Waals surface area contributed by atoms with Gasteiger partial charge in [-0.2, -0.15) is 11.8 Å². The highest BCUT2D eigenvalue weighted by molar-refractivity contribution is 8.01. The van der Waals surface area contributed by atoms with E-state index in [1.165, 1.54) is 41.4 Å². The molecule has 0 saturated carbocycles. The summed E-state index contributed by atoms with van der Waals surface area (Å²) in [4.78, 5) is 0. The second kappa shape index (κ2) is 6.08. The predicted molar refractivity (Wildman–Crippen MR) is 93.8 cm³/mol. The lowest BCUT2D eigenvalue weighted by molar-refractivity contribution is -0.0715. The molecule has 5 heteroatoms. The smallest absolute Gasteiger partial charge is 0.0795 e. The van der Waals surface area contributed by atoms with Crippen molar-refractivity contribution in [3.63, 3.8) is 0 Å². The van der Waals surface area contributed by atoms with Gasteiger partial charge in [0, 0.05) is 29.7 Å². The van der Waals surface area contributed by atoms with Gasteiger partial charge < -0.3 is 10.1 Å². The Balaban J connectivity index is 1.46. The summed E-state index contributed by atoms with van der Waals surface area (Å²) in [7, 11) is 0. The molecule has 1 aromatic rings. The molecule has 3 aliphatic rings. The fourth-order valence-corrected chi connectivity index (χ4v) is 7.77. The molecule has 1 aromatic heterocycles. The molecule has 116 valence electrons. The first kappa shape index (κ1) is 14.9. The van der Waals surface area contributed by atoms with E-state index in [-0.39, 0.29) is 5.60 Å². The predicted octanol–water partition coefficient (Wildman–Crippen LogP) is 4.32. The van der Waals surface area contributed by atoms with E-state index in [1.807, 2.05) is 11.3 Å². The Morgan fingerprint density at radius 3 is 3.24 bits per heavy atom.